The van der Waals surface area contributed by atoms with Crippen molar-refractivity contribution in [3.05, 3.63) is 30.4 Å². The molecule has 1 aliphatic heterocycles. The molecule has 0 aromatic carbocycles. The second-order valence-corrected chi connectivity index (χ2v) is 2.00. The molecule has 2 rings (SSSR count). The van der Waals surface area contributed by atoms with Crippen LogP contribution in [0.1, 0.15) is 5.56 Å². The molecule has 2 heteroatoms. The first-order valence-corrected chi connectivity index (χ1v) is 2.93. The summed E-state index contributed by atoms with van der Waals surface area (Å²) in [5.41, 5.74) is 1.23. The summed E-state index contributed by atoms with van der Waals surface area (Å²) in [7, 11) is 0. The van der Waals surface area contributed by atoms with Gasteiger partial charge in [-0.3, -0.25) is 5.32 Å². The molecule has 1 aliphatic rings. The SMILES string of the molecule is [CH]1Cc2cccnc2[N]1. The third kappa shape index (κ3) is 0.669. The highest BCUT2D eigenvalue weighted by Crippen LogP contribution is 2.19. The summed E-state index contributed by atoms with van der Waals surface area (Å²) in [6.45, 7) is 1.89. The lowest BCUT2D eigenvalue weighted by Crippen LogP contribution is -1.84. The van der Waals surface area contributed by atoms with Gasteiger partial charge in [0.25, 0.3) is 0 Å². The van der Waals surface area contributed by atoms with Crippen LogP contribution in [0, 0.1) is 6.54 Å². The lowest BCUT2D eigenvalue weighted by atomic mass is 10.2. The first kappa shape index (κ1) is 4.79. The Hall–Kier alpha value is -1.05. The standard InChI is InChI=1S/C7H6N2/c1-2-6-3-5-9-7(6)8-4-1/h1-2,4-5H,3H2. The molecule has 0 unspecified atom stereocenters. The van der Waals surface area contributed by atoms with Gasteiger partial charge < -0.3 is 0 Å². The molecular formula is C7H6N2. The molecule has 9 heavy (non-hydrogen) atoms. The van der Waals surface area contributed by atoms with Crippen molar-refractivity contribution in [2.24, 2.45) is 0 Å². The van der Waals surface area contributed by atoms with Crippen LogP contribution < -0.4 is 5.32 Å². The molecule has 2 heterocycles. The Morgan fingerprint density at radius 3 is 3.33 bits per heavy atom. The van der Waals surface area contributed by atoms with E-state index in [0.29, 0.717) is 0 Å². The molecule has 0 amide bonds. The third-order valence-electron chi connectivity index (χ3n) is 1.39. The van der Waals surface area contributed by atoms with E-state index in [1.54, 1.807) is 6.20 Å². The van der Waals surface area contributed by atoms with Crippen LogP contribution in [0.3, 0.4) is 0 Å². The number of rotatable bonds is 0. The summed E-state index contributed by atoms with van der Waals surface area (Å²) in [4.78, 5) is 4.06. The molecule has 2 nitrogen and oxygen atoms in total. The van der Waals surface area contributed by atoms with Crippen molar-refractivity contribution in [2.75, 3.05) is 0 Å². The summed E-state index contributed by atoms with van der Waals surface area (Å²) in [5.74, 6) is 0.887. The quantitative estimate of drug-likeness (QED) is 0.500. The maximum atomic E-state index is 4.06. The highest BCUT2D eigenvalue weighted by molar-refractivity contribution is 5.42. The van der Waals surface area contributed by atoms with Gasteiger partial charge in [-0.2, -0.15) is 0 Å². The topological polar surface area (TPSA) is 27.0 Å². The highest BCUT2D eigenvalue weighted by Gasteiger charge is 2.10. The number of hydrogen-bond acceptors (Lipinski definition) is 1. The van der Waals surface area contributed by atoms with Crippen molar-refractivity contribution in [1.29, 1.82) is 0 Å². The third-order valence-corrected chi connectivity index (χ3v) is 1.39. The van der Waals surface area contributed by atoms with E-state index in [1.165, 1.54) is 5.56 Å². The summed E-state index contributed by atoms with van der Waals surface area (Å²) >= 11 is 0. The molecule has 0 fully saturated rings. The van der Waals surface area contributed by atoms with Crippen LogP contribution in [0.5, 0.6) is 0 Å². The maximum Gasteiger partial charge on any atom is 0.150 e. The Balaban J connectivity index is 2.54. The molecule has 1 aromatic heterocycles. The van der Waals surface area contributed by atoms with Gasteiger partial charge >= 0.3 is 0 Å². The van der Waals surface area contributed by atoms with E-state index in [-0.39, 0.29) is 0 Å². The first-order chi connectivity index (χ1) is 4.47. The molecule has 2 radical (unpaired) electrons. The van der Waals surface area contributed by atoms with Crippen molar-refractivity contribution in [2.45, 2.75) is 6.42 Å². The van der Waals surface area contributed by atoms with E-state index in [2.05, 4.69) is 16.4 Å². The van der Waals surface area contributed by atoms with Crippen molar-refractivity contribution in [1.82, 2.24) is 10.3 Å². The van der Waals surface area contributed by atoms with E-state index in [4.69, 9.17) is 0 Å². The van der Waals surface area contributed by atoms with E-state index >= 15 is 0 Å². The predicted octanol–water partition coefficient (Wildman–Crippen LogP) is 1.04. The molecule has 0 saturated heterocycles. The Morgan fingerprint density at radius 1 is 1.44 bits per heavy atom. The van der Waals surface area contributed by atoms with Crippen LogP contribution in [0.15, 0.2) is 18.3 Å². The molecule has 0 N–H and O–H groups in total. The number of pyridine rings is 1. The van der Waals surface area contributed by atoms with Crippen molar-refractivity contribution in [3.8, 4) is 0 Å². The van der Waals surface area contributed by atoms with E-state index in [1.807, 2.05) is 12.6 Å². The molecule has 0 saturated carbocycles. The van der Waals surface area contributed by atoms with Crippen LogP contribution in [0.25, 0.3) is 0 Å². The monoisotopic (exact) mass is 118 g/mol. The minimum atomic E-state index is 0.887. The molecular weight excluding hydrogens is 112 g/mol. The number of hydrogen-bond donors (Lipinski definition) is 0. The zero-order valence-corrected chi connectivity index (χ0v) is 4.91. The largest absolute Gasteiger partial charge is 0.261 e. The average Bonchev–Trinajstić information content (AvgIpc) is 2.33. The lowest BCUT2D eigenvalue weighted by Gasteiger charge is -1.90. The summed E-state index contributed by atoms with van der Waals surface area (Å²) in [5, 5.41) is 4.06. The normalized spacial score (nSPS) is 14.7. The number of nitrogens with zero attached hydrogens (tertiary/aromatic N) is 2. The van der Waals surface area contributed by atoms with Gasteiger partial charge in [0, 0.05) is 12.6 Å². The van der Waals surface area contributed by atoms with Crippen LogP contribution in [-0.4, -0.2) is 4.98 Å². The fraction of sp³-hybridized carbons (Fsp3) is 0.143. The molecule has 0 atom stereocenters. The fourth-order valence-corrected chi connectivity index (χ4v) is 0.936. The van der Waals surface area contributed by atoms with Gasteiger partial charge in [0.05, 0.1) is 6.54 Å². The average molecular weight is 118 g/mol. The second kappa shape index (κ2) is 1.72. The molecule has 1 aromatic rings. The van der Waals surface area contributed by atoms with Gasteiger partial charge in [-0.1, -0.05) is 6.07 Å². The van der Waals surface area contributed by atoms with E-state index in [9.17, 15) is 0 Å². The lowest BCUT2D eigenvalue weighted by molar-refractivity contribution is 1.03. The minimum Gasteiger partial charge on any atom is -0.261 e. The summed E-state index contributed by atoms with van der Waals surface area (Å²) in [6, 6.07) is 3.99. The number of fused-ring (bicyclic) bond motifs is 1. The van der Waals surface area contributed by atoms with Crippen LogP contribution in [0.4, 0.5) is 5.82 Å². The van der Waals surface area contributed by atoms with Crippen LogP contribution >= 0.6 is 0 Å². The van der Waals surface area contributed by atoms with E-state index < -0.39 is 0 Å². The highest BCUT2D eigenvalue weighted by atomic mass is 15.0. The summed E-state index contributed by atoms with van der Waals surface area (Å²) < 4.78 is 0. The second-order valence-electron chi connectivity index (χ2n) is 2.00. The molecule has 44 valence electrons. The van der Waals surface area contributed by atoms with Crippen molar-refractivity contribution < 1.29 is 0 Å². The van der Waals surface area contributed by atoms with Crippen molar-refractivity contribution >= 4 is 5.82 Å². The van der Waals surface area contributed by atoms with E-state index in [0.717, 1.165) is 12.2 Å². The van der Waals surface area contributed by atoms with Gasteiger partial charge in [0.15, 0.2) is 5.82 Å². The van der Waals surface area contributed by atoms with Gasteiger partial charge in [0.1, 0.15) is 0 Å². The van der Waals surface area contributed by atoms with Gasteiger partial charge in [0.2, 0.25) is 0 Å². The summed E-state index contributed by atoms with van der Waals surface area (Å²) in [6.07, 6.45) is 2.71. The first-order valence-electron chi connectivity index (χ1n) is 2.93. The minimum absolute atomic E-state index is 0.887. The predicted molar refractivity (Wildman–Crippen MR) is 34.0 cm³/mol. The zero-order chi connectivity index (χ0) is 6.10. The Morgan fingerprint density at radius 2 is 2.44 bits per heavy atom. The van der Waals surface area contributed by atoms with Crippen molar-refractivity contribution in [3.63, 3.8) is 0 Å². The van der Waals surface area contributed by atoms with Gasteiger partial charge in [-0.15, -0.1) is 0 Å². The van der Waals surface area contributed by atoms with Gasteiger partial charge in [-0.25, -0.2) is 4.98 Å². The van der Waals surface area contributed by atoms with Crippen LogP contribution in [-0.2, 0) is 6.42 Å². The fourth-order valence-electron chi connectivity index (χ4n) is 0.936. The molecule has 0 aliphatic carbocycles. The van der Waals surface area contributed by atoms with Crippen LogP contribution in [0.2, 0.25) is 0 Å². The van der Waals surface area contributed by atoms with Gasteiger partial charge in [-0.05, 0) is 11.6 Å². The Bertz CT molecular complexity index is 197. The number of aromatic nitrogens is 1. The smallest absolute Gasteiger partial charge is 0.150 e. The maximum absolute atomic E-state index is 4.06. The zero-order valence-electron chi connectivity index (χ0n) is 4.91. The molecule has 0 spiro atoms. The Kier molecular flexibility index (Phi) is 0.918. The Labute approximate surface area is 53.9 Å². The molecule has 0 bridgehead atoms.